The summed E-state index contributed by atoms with van der Waals surface area (Å²) < 4.78 is 10.6. The van der Waals surface area contributed by atoms with Gasteiger partial charge in [-0.3, -0.25) is 10.0 Å². The van der Waals surface area contributed by atoms with Gasteiger partial charge >= 0.3 is 0 Å². The molecule has 1 heterocycles. The topological polar surface area (TPSA) is 169 Å². The van der Waals surface area contributed by atoms with Crippen LogP contribution in [0.5, 0.6) is 34.5 Å². The number of fused-ring (bicyclic) bond motifs is 1. The lowest BCUT2D eigenvalue weighted by atomic mass is 9.86. The van der Waals surface area contributed by atoms with Gasteiger partial charge in [-0.25, -0.2) is 5.48 Å². The van der Waals surface area contributed by atoms with E-state index >= 15 is 0 Å². The predicted molar refractivity (Wildman–Crippen MR) is 93.1 cm³/mol. The number of phenols is 4. The first-order valence-electron chi connectivity index (χ1n) is 7.91. The van der Waals surface area contributed by atoms with Gasteiger partial charge in [0.15, 0.2) is 23.0 Å². The number of hydrogen-bond donors (Lipinski definition) is 7. The molecule has 1 aliphatic rings. The smallest absolute Gasteiger partial charge is 0.246 e. The monoisotopic (exact) mass is 391 g/mol. The first-order chi connectivity index (χ1) is 13.2. The van der Waals surface area contributed by atoms with E-state index in [0.717, 1.165) is 24.3 Å². The van der Waals surface area contributed by atoms with Gasteiger partial charge in [0.2, 0.25) is 11.7 Å². The highest BCUT2D eigenvalue weighted by molar-refractivity contribution is 5.79. The minimum Gasteiger partial charge on any atom is -0.504 e. The van der Waals surface area contributed by atoms with Crippen molar-refractivity contribution in [3.8, 4) is 34.5 Å². The fourth-order valence-electron chi connectivity index (χ4n) is 2.89. The molecule has 1 atom stereocenters. The zero-order valence-electron chi connectivity index (χ0n) is 14.5. The van der Waals surface area contributed by atoms with Crippen LogP contribution < -0.4 is 15.0 Å². The van der Waals surface area contributed by atoms with Crippen molar-refractivity contribution < 1.29 is 45.0 Å². The number of hydroxylamine groups is 1. The molecule has 0 aliphatic carbocycles. The van der Waals surface area contributed by atoms with E-state index in [-0.39, 0.29) is 28.4 Å². The molecular formula is C18H17NO9. The number of carbonyl (C=O) groups excluding carboxylic acids is 1. The zero-order valence-corrected chi connectivity index (χ0v) is 14.5. The van der Waals surface area contributed by atoms with Crippen molar-refractivity contribution in [3.05, 3.63) is 41.5 Å². The van der Waals surface area contributed by atoms with Crippen LogP contribution in [-0.2, 0) is 10.4 Å². The van der Waals surface area contributed by atoms with Crippen molar-refractivity contribution in [1.82, 2.24) is 5.48 Å². The van der Waals surface area contributed by atoms with Crippen molar-refractivity contribution in [2.45, 2.75) is 12.0 Å². The van der Waals surface area contributed by atoms with Crippen LogP contribution >= 0.6 is 0 Å². The lowest BCUT2D eigenvalue weighted by Crippen LogP contribution is -2.34. The number of carbonyl (C=O) groups is 1. The lowest BCUT2D eigenvalue weighted by molar-refractivity contribution is -0.133. The largest absolute Gasteiger partial charge is 0.504 e. The van der Waals surface area contributed by atoms with E-state index in [1.165, 1.54) is 18.7 Å². The van der Waals surface area contributed by atoms with Gasteiger partial charge in [-0.15, -0.1) is 0 Å². The van der Waals surface area contributed by atoms with Crippen LogP contribution in [0.1, 0.15) is 17.5 Å². The van der Waals surface area contributed by atoms with Gasteiger partial charge in [-0.1, -0.05) is 0 Å². The second-order valence-electron chi connectivity index (χ2n) is 6.13. The Kier molecular flexibility index (Phi) is 4.67. The number of aromatic hydroxyl groups is 4. The van der Waals surface area contributed by atoms with Crippen molar-refractivity contribution >= 4 is 11.7 Å². The van der Waals surface area contributed by atoms with Crippen molar-refractivity contribution in [1.29, 1.82) is 0 Å². The number of rotatable bonds is 4. The predicted octanol–water partition coefficient (Wildman–Crippen LogP) is 1.03. The molecule has 1 amide bonds. The minimum atomic E-state index is -2.04. The molecule has 0 saturated heterocycles. The zero-order chi connectivity index (χ0) is 20.6. The Hall–Kier alpha value is -3.63. The molecule has 0 spiro atoms. The fraction of sp³-hybridized carbons (Fsp3) is 0.167. The minimum absolute atomic E-state index is 0.0369. The highest BCUT2D eigenvalue weighted by atomic mass is 16.5. The molecule has 148 valence electrons. The van der Waals surface area contributed by atoms with Gasteiger partial charge in [-0.2, -0.15) is 0 Å². The molecule has 28 heavy (non-hydrogen) atoms. The molecule has 2 aromatic carbocycles. The van der Waals surface area contributed by atoms with E-state index in [2.05, 4.69) is 0 Å². The molecule has 0 saturated carbocycles. The fourth-order valence-corrected chi connectivity index (χ4v) is 2.89. The van der Waals surface area contributed by atoms with Crippen LogP contribution in [-0.4, -0.2) is 43.8 Å². The van der Waals surface area contributed by atoms with E-state index < -0.39 is 40.9 Å². The van der Waals surface area contributed by atoms with Crippen LogP contribution in [0.25, 0.3) is 5.76 Å². The maximum Gasteiger partial charge on any atom is 0.246 e. The van der Waals surface area contributed by atoms with E-state index in [1.54, 1.807) is 0 Å². The maximum atomic E-state index is 11.7. The SMILES string of the molecule is COc1cc(C2=CC(O)(CC(=O)NO)c3cc(O)c(O)cc3O2)cc(O)c1O. The Balaban J connectivity index is 2.18. The van der Waals surface area contributed by atoms with Crippen LogP contribution in [0.4, 0.5) is 0 Å². The third-order valence-electron chi connectivity index (χ3n) is 4.25. The van der Waals surface area contributed by atoms with Gasteiger partial charge < -0.3 is 35.0 Å². The average molecular weight is 391 g/mol. The highest BCUT2D eigenvalue weighted by Gasteiger charge is 2.39. The summed E-state index contributed by atoms with van der Waals surface area (Å²) in [5.74, 6) is -3.21. The molecule has 1 aliphatic heterocycles. The molecule has 0 aromatic heterocycles. The van der Waals surface area contributed by atoms with Crippen LogP contribution in [0.3, 0.4) is 0 Å². The van der Waals surface area contributed by atoms with E-state index in [1.807, 2.05) is 0 Å². The summed E-state index contributed by atoms with van der Waals surface area (Å²) in [6.45, 7) is 0. The number of aliphatic hydroxyl groups is 1. The Morgan fingerprint density at radius 1 is 1.11 bits per heavy atom. The molecular weight excluding hydrogens is 374 g/mol. The highest BCUT2D eigenvalue weighted by Crippen LogP contribution is 2.47. The van der Waals surface area contributed by atoms with Gasteiger partial charge in [0.25, 0.3) is 0 Å². The van der Waals surface area contributed by atoms with Crippen LogP contribution in [0.15, 0.2) is 30.3 Å². The molecule has 7 N–H and O–H groups in total. The molecule has 0 radical (unpaired) electrons. The first kappa shape index (κ1) is 19.1. The Labute approximate surface area is 158 Å². The number of amides is 1. The molecule has 0 bridgehead atoms. The molecule has 2 aromatic rings. The van der Waals surface area contributed by atoms with E-state index in [9.17, 15) is 30.3 Å². The summed E-state index contributed by atoms with van der Waals surface area (Å²) in [7, 11) is 1.27. The molecule has 0 fully saturated rings. The number of nitrogens with one attached hydrogen (secondary N) is 1. The number of methoxy groups -OCH3 is 1. The van der Waals surface area contributed by atoms with E-state index in [4.69, 9.17) is 14.7 Å². The summed E-state index contributed by atoms with van der Waals surface area (Å²) in [5.41, 5.74) is -0.493. The van der Waals surface area contributed by atoms with Gasteiger partial charge in [0.1, 0.15) is 17.1 Å². The van der Waals surface area contributed by atoms with Gasteiger partial charge in [0.05, 0.1) is 13.5 Å². The van der Waals surface area contributed by atoms with Crippen LogP contribution in [0.2, 0.25) is 0 Å². The summed E-state index contributed by atoms with van der Waals surface area (Å²) in [6.07, 6.45) is 0.487. The van der Waals surface area contributed by atoms with Crippen molar-refractivity contribution in [3.63, 3.8) is 0 Å². The third kappa shape index (κ3) is 3.21. The normalized spacial score (nSPS) is 17.9. The van der Waals surface area contributed by atoms with Crippen molar-refractivity contribution in [2.75, 3.05) is 7.11 Å². The summed E-state index contributed by atoms with van der Waals surface area (Å²) >= 11 is 0. The third-order valence-corrected chi connectivity index (χ3v) is 4.25. The Morgan fingerprint density at radius 3 is 2.43 bits per heavy atom. The number of hydrogen-bond acceptors (Lipinski definition) is 9. The number of benzene rings is 2. The Bertz CT molecular complexity index is 986. The molecule has 10 nitrogen and oxygen atoms in total. The maximum absolute atomic E-state index is 11.7. The molecule has 3 rings (SSSR count). The summed E-state index contributed by atoms with van der Waals surface area (Å²) in [5, 5.41) is 59.0. The van der Waals surface area contributed by atoms with Gasteiger partial charge in [-0.05, 0) is 24.3 Å². The molecule has 10 heteroatoms. The lowest BCUT2D eigenvalue weighted by Gasteiger charge is -2.32. The molecule has 1 unspecified atom stereocenters. The summed E-state index contributed by atoms with van der Waals surface area (Å²) in [4.78, 5) is 11.7. The first-order valence-corrected chi connectivity index (χ1v) is 7.91. The standard InChI is InChI=1S/C18H17NO9/c1-27-14-3-8(2-12(22)17(14)24)15-6-18(25,7-16(23)19-26)9-4-10(20)11(21)5-13(9)28-15/h2-6,20-22,24-26H,7H2,1H3,(H,19,23). The second kappa shape index (κ2) is 6.83. The number of ether oxygens (including phenoxy) is 2. The summed E-state index contributed by atoms with van der Waals surface area (Å²) in [6, 6.07) is 4.52. The van der Waals surface area contributed by atoms with Crippen molar-refractivity contribution in [2.24, 2.45) is 0 Å². The van der Waals surface area contributed by atoms with E-state index in [0.29, 0.717) is 0 Å². The average Bonchev–Trinajstić information content (AvgIpc) is 2.65. The van der Waals surface area contributed by atoms with Gasteiger partial charge in [0, 0.05) is 17.2 Å². The van der Waals surface area contributed by atoms with Crippen LogP contribution in [0, 0.1) is 0 Å². The number of phenolic OH excluding ortho intramolecular Hbond substituents is 4. The quantitative estimate of drug-likeness (QED) is 0.229. The Morgan fingerprint density at radius 2 is 1.79 bits per heavy atom. The second-order valence-corrected chi connectivity index (χ2v) is 6.13.